The number of hydrogen-bond acceptors (Lipinski definition) is 3. The fraction of sp³-hybridized carbons (Fsp3) is 0.556. The number of halogens is 2. The van der Waals surface area contributed by atoms with Crippen LogP contribution in [-0.2, 0) is 10.0 Å². The molecule has 0 bridgehead atoms. The van der Waals surface area contributed by atoms with Crippen LogP contribution in [0.2, 0.25) is 0 Å². The number of hydrogen-bond donors (Lipinski definition) is 0. The lowest BCUT2D eigenvalue weighted by atomic mass is 10.2. The Labute approximate surface area is 113 Å². The van der Waals surface area contributed by atoms with Gasteiger partial charge in [0.1, 0.15) is 4.21 Å². The first-order valence-electron chi connectivity index (χ1n) is 4.90. The summed E-state index contributed by atoms with van der Waals surface area (Å²) >= 11 is 10.5. The maximum Gasteiger partial charge on any atom is 0.252 e. The predicted molar refractivity (Wildman–Crippen MR) is 69.7 cm³/mol. The molecule has 0 aromatic carbocycles. The first kappa shape index (κ1) is 12.8. The molecule has 0 N–H and O–H groups in total. The van der Waals surface area contributed by atoms with E-state index in [0.29, 0.717) is 17.3 Å². The molecule has 16 heavy (non-hydrogen) atoms. The summed E-state index contributed by atoms with van der Waals surface area (Å²) in [5.74, 6) is 0. The summed E-state index contributed by atoms with van der Waals surface area (Å²) in [4.78, 5) is 0. The quantitative estimate of drug-likeness (QED) is 0.774. The molecule has 2 heterocycles. The molecule has 0 aliphatic carbocycles. The summed E-state index contributed by atoms with van der Waals surface area (Å²) in [6, 6.07) is 3.39. The molecule has 1 fully saturated rings. The Bertz CT molecular complexity index is 466. The van der Waals surface area contributed by atoms with Gasteiger partial charge in [-0.2, -0.15) is 4.31 Å². The van der Waals surface area contributed by atoms with Crippen molar-refractivity contribution in [3.8, 4) is 0 Å². The largest absolute Gasteiger partial charge is 0.252 e. The van der Waals surface area contributed by atoms with Gasteiger partial charge >= 0.3 is 0 Å². The zero-order valence-corrected chi connectivity index (χ0v) is 12.4. The number of piperidine rings is 1. The minimum Gasteiger partial charge on any atom is -0.206 e. The minimum absolute atomic E-state index is 0.113. The molecule has 1 aromatic rings. The van der Waals surface area contributed by atoms with Crippen LogP contribution in [0.15, 0.2) is 20.1 Å². The second-order valence-corrected chi connectivity index (χ2v) is 8.88. The van der Waals surface area contributed by atoms with E-state index in [0.717, 1.165) is 16.6 Å². The second-order valence-electron chi connectivity index (χ2n) is 3.64. The summed E-state index contributed by atoms with van der Waals surface area (Å²) in [7, 11) is -3.30. The van der Waals surface area contributed by atoms with Crippen molar-refractivity contribution in [2.24, 2.45) is 0 Å². The van der Waals surface area contributed by atoms with Gasteiger partial charge in [-0.15, -0.1) is 22.9 Å². The van der Waals surface area contributed by atoms with Crippen molar-refractivity contribution in [3.63, 3.8) is 0 Å². The van der Waals surface area contributed by atoms with Crippen molar-refractivity contribution in [3.05, 3.63) is 15.9 Å². The monoisotopic (exact) mass is 343 g/mol. The van der Waals surface area contributed by atoms with Crippen LogP contribution in [0.25, 0.3) is 0 Å². The molecule has 3 nitrogen and oxygen atoms in total. The maximum absolute atomic E-state index is 12.2. The van der Waals surface area contributed by atoms with E-state index in [4.69, 9.17) is 11.6 Å². The lowest BCUT2D eigenvalue weighted by molar-refractivity contribution is 0.351. The van der Waals surface area contributed by atoms with Gasteiger partial charge in [-0.1, -0.05) is 0 Å². The molecule has 1 aliphatic rings. The van der Waals surface area contributed by atoms with Crippen molar-refractivity contribution < 1.29 is 8.42 Å². The third kappa shape index (κ3) is 2.61. The molecular weight excluding hydrogens is 334 g/mol. The van der Waals surface area contributed by atoms with Crippen LogP contribution in [0.3, 0.4) is 0 Å². The summed E-state index contributed by atoms with van der Waals surface area (Å²) in [6.45, 7) is 1.04. The van der Waals surface area contributed by atoms with Gasteiger partial charge < -0.3 is 0 Å². The standard InChI is InChI=1S/C9H11BrClNO2S2/c10-8-1-2-9(15-8)16(13,14)12-5-3-7(11)4-6-12/h1-2,7H,3-6H2. The van der Waals surface area contributed by atoms with E-state index in [1.165, 1.54) is 15.6 Å². The second kappa shape index (κ2) is 4.94. The highest BCUT2D eigenvalue weighted by atomic mass is 79.9. The molecule has 0 radical (unpaired) electrons. The Morgan fingerprint density at radius 3 is 2.50 bits per heavy atom. The van der Waals surface area contributed by atoms with Crippen molar-refractivity contribution in [2.75, 3.05) is 13.1 Å². The van der Waals surface area contributed by atoms with E-state index in [1.54, 1.807) is 12.1 Å². The average Bonchev–Trinajstić information content (AvgIpc) is 2.66. The SMILES string of the molecule is O=S(=O)(c1ccc(Br)s1)N1CCC(Cl)CC1. The van der Waals surface area contributed by atoms with E-state index in [1.807, 2.05) is 0 Å². The van der Waals surface area contributed by atoms with E-state index in [2.05, 4.69) is 15.9 Å². The molecule has 0 atom stereocenters. The Kier molecular flexibility index (Phi) is 3.96. The lowest BCUT2D eigenvalue weighted by Crippen LogP contribution is -2.38. The van der Waals surface area contributed by atoms with Gasteiger partial charge in [0.2, 0.25) is 0 Å². The highest BCUT2D eigenvalue weighted by molar-refractivity contribution is 9.11. The first-order chi connectivity index (χ1) is 7.50. The van der Waals surface area contributed by atoms with Gasteiger partial charge in [-0.05, 0) is 40.9 Å². The molecule has 0 saturated carbocycles. The number of rotatable bonds is 2. The minimum atomic E-state index is -3.30. The molecule has 90 valence electrons. The van der Waals surface area contributed by atoms with Crippen LogP contribution in [0.1, 0.15) is 12.8 Å². The summed E-state index contributed by atoms with van der Waals surface area (Å²) in [5.41, 5.74) is 0. The number of thiophene rings is 1. The van der Waals surface area contributed by atoms with E-state index in [9.17, 15) is 8.42 Å². The average molecular weight is 345 g/mol. The normalized spacial score (nSPS) is 20.1. The van der Waals surface area contributed by atoms with Crippen molar-refractivity contribution in [1.29, 1.82) is 0 Å². The zero-order chi connectivity index (χ0) is 11.8. The number of nitrogens with zero attached hydrogens (tertiary/aromatic N) is 1. The molecular formula is C9H11BrClNO2S2. The van der Waals surface area contributed by atoms with Gasteiger partial charge in [0.15, 0.2) is 0 Å². The van der Waals surface area contributed by atoms with Gasteiger partial charge in [-0.25, -0.2) is 8.42 Å². The smallest absolute Gasteiger partial charge is 0.206 e. The van der Waals surface area contributed by atoms with Crippen LogP contribution in [-0.4, -0.2) is 31.2 Å². The van der Waals surface area contributed by atoms with Crippen LogP contribution in [0.5, 0.6) is 0 Å². The van der Waals surface area contributed by atoms with E-state index in [-0.39, 0.29) is 5.38 Å². The van der Waals surface area contributed by atoms with E-state index < -0.39 is 10.0 Å². The molecule has 1 saturated heterocycles. The topological polar surface area (TPSA) is 37.4 Å². The number of alkyl halides is 1. The van der Waals surface area contributed by atoms with Gasteiger partial charge in [0, 0.05) is 18.5 Å². The van der Waals surface area contributed by atoms with Gasteiger partial charge in [0.05, 0.1) is 3.79 Å². The van der Waals surface area contributed by atoms with Crippen LogP contribution in [0.4, 0.5) is 0 Å². The molecule has 1 aromatic heterocycles. The molecule has 1 aliphatic heterocycles. The molecule has 0 amide bonds. The molecule has 2 rings (SSSR count). The maximum atomic E-state index is 12.2. The summed E-state index contributed by atoms with van der Waals surface area (Å²) in [5, 5.41) is 0.113. The third-order valence-electron chi connectivity index (χ3n) is 2.53. The van der Waals surface area contributed by atoms with Gasteiger partial charge in [0.25, 0.3) is 10.0 Å². The first-order valence-corrected chi connectivity index (χ1v) is 8.38. The predicted octanol–water partition coefficient (Wildman–Crippen LogP) is 2.90. The van der Waals surface area contributed by atoms with Crippen LogP contribution < -0.4 is 0 Å². The lowest BCUT2D eigenvalue weighted by Gasteiger charge is -2.27. The highest BCUT2D eigenvalue weighted by Gasteiger charge is 2.29. The van der Waals surface area contributed by atoms with Crippen molar-refractivity contribution in [2.45, 2.75) is 22.4 Å². The van der Waals surface area contributed by atoms with Crippen molar-refractivity contribution >= 4 is 48.9 Å². The molecule has 0 spiro atoms. The summed E-state index contributed by atoms with van der Waals surface area (Å²) < 4.78 is 27.1. The molecule has 0 unspecified atom stereocenters. The summed E-state index contributed by atoms with van der Waals surface area (Å²) in [6.07, 6.45) is 1.46. The fourth-order valence-electron chi connectivity index (χ4n) is 1.63. The zero-order valence-electron chi connectivity index (χ0n) is 8.40. The van der Waals surface area contributed by atoms with Crippen molar-refractivity contribution in [1.82, 2.24) is 4.31 Å². The Balaban J connectivity index is 2.20. The Morgan fingerprint density at radius 2 is 2.00 bits per heavy atom. The van der Waals surface area contributed by atoms with Gasteiger partial charge in [-0.3, -0.25) is 0 Å². The Morgan fingerprint density at radius 1 is 1.38 bits per heavy atom. The third-order valence-corrected chi connectivity index (χ3v) is 6.95. The Hall–Kier alpha value is 0.380. The van der Waals surface area contributed by atoms with E-state index >= 15 is 0 Å². The number of sulfonamides is 1. The van der Waals surface area contributed by atoms with Crippen LogP contribution >= 0.6 is 38.9 Å². The highest BCUT2D eigenvalue weighted by Crippen LogP contribution is 2.30. The van der Waals surface area contributed by atoms with Crippen LogP contribution in [0, 0.1) is 0 Å². The molecule has 7 heteroatoms. The fourth-order valence-corrected chi connectivity index (χ4v) is 5.46.